The van der Waals surface area contributed by atoms with Crippen LogP contribution in [0.4, 0.5) is 0 Å². The Morgan fingerprint density at radius 2 is 1.76 bits per heavy atom. The lowest BCUT2D eigenvalue weighted by Crippen LogP contribution is -2.48. The number of benzene rings is 1. The van der Waals surface area contributed by atoms with Gasteiger partial charge >= 0.3 is 0 Å². The Morgan fingerprint density at radius 3 is 2.24 bits per heavy atom. The van der Waals surface area contributed by atoms with Crippen molar-refractivity contribution in [2.24, 2.45) is 0 Å². The minimum absolute atomic E-state index is 0.335. The van der Waals surface area contributed by atoms with Crippen molar-refractivity contribution in [3.8, 4) is 0 Å². The molecular weight excluding hydrogens is 224 g/mol. The highest BCUT2D eigenvalue weighted by Crippen LogP contribution is 2.08. The van der Waals surface area contributed by atoms with Crippen LogP contribution >= 0.6 is 0 Å². The lowest BCUT2D eigenvalue weighted by Gasteiger charge is -2.30. The van der Waals surface area contributed by atoms with Crippen molar-refractivity contribution in [3.63, 3.8) is 0 Å². The van der Waals surface area contributed by atoms with Crippen LogP contribution in [0.2, 0.25) is 0 Å². The number of nitrogens with zero attached hydrogens (tertiary/aromatic N) is 2. The van der Waals surface area contributed by atoms with E-state index >= 15 is 0 Å². The van der Waals surface area contributed by atoms with Crippen LogP contribution in [0.15, 0.2) is 30.8 Å². The maximum Gasteiger partial charge on any atom is 0.0922 e. The summed E-state index contributed by atoms with van der Waals surface area (Å²) in [7, 11) is 8.28. The molecule has 0 fully saturated rings. The van der Waals surface area contributed by atoms with Gasteiger partial charge in [-0.15, -0.1) is 0 Å². The molecule has 1 aromatic carbocycles. The molecule has 0 aliphatic rings. The molecule has 0 amide bonds. The van der Waals surface area contributed by atoms with Gasteiger partial charge in [-0.25, -0.2) is 0 Å². The van der Waals surface area contributed by atoms with Crippen LogP contribution in [0.1, 0.15) is 12.5 Å². The van der Waals surface area contributed by atoms with Crippen molar-refractivity contribution >= 4 is 20.3 Å². The monoisotopic (exact) mass is 248 g/mol. The minimum atomic E-state index is -0.335. The fourth-order valence-electron chi connectivity index (χ4n) is 2.00. The molecule has 0 heterocycles. The molecule has 0 saturated heterocycles. The molecule has 1 rings (SSSR count). The van der Waals surface area contributed by atoms with Crippen LogP contribution < -0.4 is 5.19 Å². The summed E-state index contributed by atoms with van der Waals surface area (Å²) in [5, 5.41) is 1.50. The van der Waals surface area contributed by atoms with Gasteiger partial charge in [0.2, 0.25) is 0 Å². The molecule has 0 aliphatic carbocycles. The van der Waals surface area contributed by atoms with Crippen molar-refractivity contribution in [2.45, 2.75) is 12.7 Å². The Balaban J connectivity index is 2.86. The maximum atomic E-state index is 4.01. The van der Waals surface area contributed by atoms with Crippen molar-refractivity contribution in [1.29, 1.82) is 0 Å². The van der Waals surface area contributed by atoms with Gasteiger partial charge in [-0.3, -0.25) is 9.80 Å². The second kappa shape index (κ2) is 6.14. The quantitative estimate of drug-likeness (QED) is 0.565. The summed E-state index contributed by atoms with van der Waals surface area (Å²) in [4.78, 5) is 4.61. The zero-order chi connectivity index (χ0) is 13.0. The molecule has 1 aromatic rings. The van der Waals surface area contributed by atoms with Gasteiger partial charge in [-0.2, -0.15) is 0 Å². The molecule has 0 spiro atoms. The topological polar surface area (TPSA) is 6.48 Å². The lowest BCUT2D eigenvalue weighted by atomic mass is 10.1. The van der Waals surface area contributed by atoms with Crippen LogP contribution in [0, 0.1) is 0 Å². The summed E-state index contributed by atoms with van der Waals surface area (Å²) in [5.41, 5.74) is 2.42. The first-order chi connectivity index (χ1) is 7.91. The third-order valence-electron chi connectivity index (χ3n) is 3.03. The highest BCUT2D eigenvalue weighted by atomic mass is 28.2. The maximum absolute atomic E-state index is 4.01. The molecule has 3 heteroatoms. The Kier molecular flexibility index (Phi) is 5.12. The first-order valence-corrected chi connectivity index (χ1v) is 7.52. The summed E-state index contributed by atoms with van der Waals surface area (Å²) >= 11 is 0. The molecule has 0 saturated carbocycles. The number of hydrogen-bond donors (Lipinski definition) is 0. The van der Waals surface area contributed by atoms with E-state index in [2.05, 4.69) is 75.8 Å². The van der Waals surface area contributed by atoms with Crippen molar-refractivity contribution < 1.29 is 0 Å². The molecule has 0 atom stereocenters. The SMILES string of the molecule is C=C(C)c1cccc([SiH2]C(N(C)C)N(C)C)c1. The highest BCUT2D eigenvalue weighted by molar-refractivity contribution is 6.55. The van der Waals surface area contributed by atoms with E-state index in [4.69, 9.17) is 0 Å². The Bertz CT molecular complexity index is 378. The van der Waals surface area contributed by atoms with E-state index in [1.165, 1.54) is 10.8 Å². The van der Waals surface area contributed by atoms with Gasteiger partial charge in [-0.05, 0) is 40.7 Å². The van der Waals surface area contributed by atoms with Gasteiger partial charge < -0.3 is 0 Å². The average molecular weight is 248 g/mol. The Hall–Kier alpha value is -0.903. The first kappa shape index (κ1) is 14.2. The van der Waals surface area contributed by atoms with Gasteiger partial charge in [0.05, 0.1) is 9.52 Å². The predicted octanol–water partition coefficient (Wildman–Crippen LogP) is 0.921. The second-order valence-corrected chi connectivity index (χ2v) is 7.05. The second-order valence-electron chi connectivity index (χ2n) is 5.09. The molecule has 0 N–H and O–H groups in total. The van der Waals surface area contributed by atoms with Crippen LogP contribution in [-0.4, -0.2) is 53.3 Å². The van der Waals surface area contributed by atoms with E-state index in [0.717, 1.165) is 5.57 Å². The normalized spacial score (nSPS) is 12.2. The molecule has 94 valence electrons. The van der Waals surface area contributed by atoms with E-state index in [0.29, 0.717) is 5.79 Å². The highest BCUT2D eigenvalue weighted by Gasteiger charge is 2.15. The molecule has 0 radical (unpaired) electrons. The smallest absolute Gasteiger partial charge is 0.0922 e. The van der Waals surface area contributed by atoms with Gasteiger partial charge in [0, 0.05) is 5.79 Å². The average Bonchev–Trinajstić information content (AvgIpc) is 2.25. The predicted molar refractivity (Wildman–Crippen MR) is 80.5 cm³/mol. The summed E-state index contributed by atoms with van der Waals surface area (Å²) in [6.07, 6.45) is 0. The van der Waals surface area contributed by atoms with Crippen molar-refractivity contribution in [2.75, 3.05) is 28.2 Å². The number of hydrogen-bond acceptors (Lipinski definition) is 2. The van der Waals surface area contributed by atoms with Crippen LogP contribution in [0.5, 0.6) is 0 Å². The van der Waals surface area contributed by atoms with E-state index in [1.54, 1.807) is 0 Å². The molecule has 2 nitrogen and oxygen atoms in total. The standard InChI is InChI=1S/C14H24N2Si/c1-11(2)12-8-7-9-13(10-12)17-14(15(3)4)16(5)6/h7-10,14H,1,17H2,2-6H3. The van der Waals surface area contributed by atoms with Crippen molar-refractivity contribution in [3.05, 3.63) is 36.4 Å². The zero-order valence-corrected chi connectivity index (χ0v) is 13.1. The molecule has 0 aromatic heterocycles. The van der Waals surface area contributed by atoms with Gasteiger partial charge in [-0.1, -0.05) is 41.6 Å². The fourth-order valence-corrected chi connectivity index (χ4v) is 3.76. The molecule has 0 bridgehead atoms. The van der Waals surface area contributed by atoms with E-state index in [1.807, 2.05) is 0 Å². The van der Waals surface area contributed by atoms with E-state index < -0.39 is 0 Å². The fraction of sp³-hybridized carbons (Fsp3) is 0.429. The third-order valence-corrected chi connectivity index (χ3v) is 5.77. The van der Waals surface area contributed by atoms with Crippen LogP contribution in [0.3, 0.4) is 0 Å². The molecule has 0 unspecified atom stereocenters. The van der Waals surface area contributed by atoms with Crippen LogP contribution in [-0.2, 0) is 0 Å². The first-order valence-electron chi connectivity index (χ1n) is 5.99. The lowest BCUT2D eigenvalue weighted by molar-refractivity contribution is 0.202. The molecular formula is C14H24N2Si. The van der Waals surface area contributed by atoms with Gasteiger partial charge in [0.1, 0.15) is 0 Å². The van der Waals surface area contributed by atoms with Crippen molar-refractivity contribution in [1.82, 2.24) is 9.80 Å². The van der Waals surface area contributed by atoms with E-state index in [9.17, 15) is 0 Å². The van der Waals surface area contributed by atoms with E-state index in [-0.39, 0.29) is 9.52 Å². The molecule has 0 aliphatic heterocycles. The minimum Gasteiger partial charge on any atom is -0.297 e. The summed E-state index contributed by atoms with van der Waals surface area (Å²) < 4.78 is 0. The molecule has 17 heavy (non-hydrogen) atoms. The third kappa shape index (κ3) is 4.11. The number of rotatable bonds is 5. The zero-order valence-electron chi connectivity index (χ0n) is 11.7. The Morgan fingerprint density at radius 1 is 1.18 bits per heavy atom. The van der Waals surface area contributed by atoms with Crippen LogP contribution in [0.25, 0.3) is 5.57 Å². The summed E-state index contributed by atoms with van der Waals surface area (Å²) in [5.74, 6) is 0.565. The summed E-state index contributed by atoms with van der Waals surface area (Å²) in [6.45, 7) is 6.08. The van der Waals surface area contributed by atoms with Gasteiger partial charge in [0.25, 0.3) is 0 Å². The van der Waals surface area contributed by atoms with Gasteiger partial charge in [0.15, 0.2) is 0 Å². The number of allylic oxidation sites excluding steroid dienone is 1. The largest absolute Gasteiger partial charge is 0.297 e. The summed E-state index contributed by atoms with van der Waals surface area (Å²) in [6, 6.07) is 8.84. The Labute approximate surface area is 108 Å².